The lowest BCUT2D eigenvalue weighted by Gasteiger charge is -2.28. The summed E-state index contributed by atoms with van der Waals surface area (Å²) in [5.41, 5.74) is 0.213. The summed E-state index contributed by atoms with van der Waals surface area (Å²) in [5, 5.41) is 9.51. The van der Waals surface area contributed by atoms with E-state index in [-0.39, 0.29) is 27.7 Å². The van der Waals surface area contributed by atoms with Crippen LogP contribution in [0.5, 0.6) is 0 Å². The Kier molecular flexibility index (Phi) is 5.71. The molecule has 0 aliphatic heterocycles. The quantitative estimate of drug-likeness (QED) is 0.612. The van der Waals surface area contributed by atoms with Gasteiger partial charge in [0.05, 0.1) is 21.6 Å². The summed E-state index contributed by atoms with van der Waals surface area (Å²) in [6.45, 7) is 2.00. The molecule has 1 fully saturated rings. The molecule has 0 saturated heterocycles. The van der Waals surface area contributed by atoms with Crippen LogP contribution in [0.2, 0.25) is 5.02 Å². The molecular formula is C23H23ClFN3O3. The van der Waals surface area contributed by atoms with Crippen LogP contribution in [0, 0.1) is 5.82 Å². The van der Waals surface area contributed by atoms with Gasteiger partial charge in [0.1, 0.15) is 17.2 Å². The highest BCUT2D eigenvalue weighted by Gasteiger charge is 2.27. The van der Waals surface area contributed by atoms with Crippen molar-refractivity contribution in [3.8, 4) is 5.82 Å². The number of hydrogen-bond donors (Lipinski definition) is 1. The zero-order chi connectivity index (χ0) is 22.3. The number of anilines is 1. The van der Waals surface area contributed by atoms with Crippen LogP contribution in [0.3, 0.4) is 0 Å². The molecule has 3 aromatic rings. The molecule has 162 valence electrons. The van der Waals surface area contributed by atoms with Crippen LogP contribution in [0.1, 0.15) is 48.5 Å². The van der Waals surface area contributed by atoms with Crippen molar-refractivity contribution in [3.63, 3.8) is 0 Å². The molecule has 1 aliphatic rings. The molecule has 1 aromatic carbocycles. The molecule has 2 aromatic heterocycles. The largest absolute Gasteiger partial charge is 0.477 e. The summed E-state index contributed by atoms with van der Waals surface area (Å²) in [6, 6.07) is 4.85. The lowest BCUT2D eigenvalue weighted by Crippen LogP contribution is -2.30. The summed E-state index contributed by atoms with van der Waals surface area (Å²) >= 11 is 6.72. The Labute approximate surface area is 183 Å². The smallest absolute Gasteiger partial charge is 0.341 e. The predicted octanol–water partition coefficient (Wildman–Crippen LogP) is 4.82. The maximum atomic E-state index is 15.2. The molecule has 4 rings (SSSR count). The number of benzene rings is 1. The fraction of sp³-hybridized carbons (Fsp3) is 0.348. The third kappa shape index (κ3) is 3.67. The summed E-state index contributed by atoms with van der Waals surface area (Å²) in [6.07, 6.45) is 7.71. The van der Waals surface area contributed by atoms with E-state index in [1.54, 1.807) is 19.3 Å². The molecule has 2 heterocycles. The highest BCUT2D eigenvalue weighted by atomic mass is 35.5. The predicted molar refractivity (Wildman–Crippen MR) is 119 cm³/mol. The monoisotopic (exact) mass is 443 g/mol. The van der Waals surface area contributed by atoms with Gasteiger partial charge in [-0.15, -0.1) is 0 Å². The first kappa shape index (κ1) is 21.3. The molecule has 1 N–H and O–H groups in total. The highest BCUT2D eigenvalue weighted by Crippen LogP contribution is 2.38. The molecule has 1 aliphatic carbocycles. The van der Waals surface area contributed by atoms with E-state index >= 15 is 4.39 Å². The number of carboxylic acid groups (broad SMARTS) is 1. The van der Waals surface area contributed by atoms with Crippen molar-refractivity contribution >= 4 is 34.2 Å². The van der Waals surface area contributed by atoms with Gasteiger partial charge in [-0.2, -0.15) is 0 Å². The van der Waals surface area contributed by atoms with Gasteiger partial charge in [0.25, 0.3) is 0 Å². The Balaban J connectivity index is 2.04. The number of pyridine rings is 2. The molecule has 0 atom stereocenters. The van der Waals surface area contributed by atoms with Crippen molar-refractivity contribution in [2.45, 2.75) is 45.1 Å². The highest BCUT2D eigenvalue weighted by molar-refractivity contribution is 6.38. The van der Waals surface area contributed by atoms with Gasteiger partial charge >= 0.3 is 5.97 Å². The van der Waals surface area contributed by atoms with E-state index in [9.17, 15) is 14.7 Å². The van der Waals surface area contributed by atoms with E-state index in [1.807, 2.05) is 17.9 Å². The van der Waals surface area contributed by atoms with E-state index in [2.05, 4.69) is 4.98 Å². The fourth-order valence-corrected chi connectivity index (χ4v) is 4.72. The Hall–Kier alpha value is -2.93. The minimum atomic E-state index is -1.39. The van der Waals surface area contributed by atoms with Crippen molar-refractivity contribution < 1.29 is 14.3 Å². The van der Waals surface area contributed by atoms with Gasteiger partial charge < -0.3 is 10.0 Å². The van der Waals surface area contributed by atoms with Crippen LogP contribution >= 0.6 is 11.6 Å². The summed E-state index contributed by atoms with van der Waals surface area (Å²) in [4.78, 5) is 30.8. The van der Waals surface area contributed by atoms with Gasteiger partial charge in [-0.1, -0.05) is 37.4 Å². The minimum absolute atomic E-state index is 0.0693. The van der Waals surface area contributed by atoms with Gasteiger partial charge in [-0.05, 0) is 37.0 Å². The Bertz CT molecular complexity index is 1220. The Morgan fingerprint density at radius 2 is 2.06 bits per heavy atom. The number of aromatic nitrogens is 2. The molecule has 0 bridgehead atoms. The van der Waals surface area contributed by atoms with Crippen LogP contribution < -0.4 is 10.3 Å². The topological polar surface area (TPSA) is 75.4 Å². The first-order valence-corrected chi connectivity index (χ1v) is 10.7. The van der Waals surface area contributed by atoms with Gasteiger partial charge in [0, 0.05) is 25.5 Å². The van der Waals surface area contributed by atoms with Crippen molar-refractivity contribution in [3.05, 3.63) is 62.8 Å². The molecular weight excluding hydrogens is 421 g/mol. The first-order chi connectivity index (χ1) is 14.8. The number of fused-ring (bicyclic) bond motifs is 1. The fourth-order valence-electron chi connectivity index (χ4n) is 4.30. The number of hydrogen-bond acceptors (Lipinski definition) is 4. The molecule has 0 spiro atoms. The second-order valence-electron chi connectivity index (χ2n) is 7.89. The van der Waals surface area contributed by atoms with E-state index in [0.717, 1.165) is 43.7 Å². The number of halogens is 2. The van der Waals surface area contributed by atoms with Crippen molar-refractivity contribution in [1.29, 1.82) is 0 Å². The number of aryl methyl sites for hydroxylation is 1. The number of aromatic carboxylic acids is 1. The van der Waals surface area contributed by atoms with Gasteiger partial charge in [-0.3, -0.25) is 9.36 Å². The number of carboxylic acids is 1. The molecule has 6 nitrogen and oxygen atoms in total. The van der Waals surface area contributed by atoms with Crippen molar-refractivity contribution in [2.24, 2.45) is 0 Å². The van der Waals surface area contributed by atoms with Crippen molar-refractivity contribution in [2.75, 3.05) is 11.9 Å². The summed E-state index contributed by atoms with van der Waals surface area (Å²) < 4.78 is 16.7. The second kappa shape index (κ2) is 8.30. The maximum absolute atomic E-state index is 15.2. The minimum Gasteiger partial charge on any atom is -0.477 e. The lowest BCUT2D eigenvalue weighted by molar-refractivity contribution is 0.0695. The van der Waals surface area contributed by atoms with Crippen molar-refractivity contribution in [1.82, 2.24) is 9.55 Å². The van der Waals surface area contributed by atoms with Crippen LogP contribution in [-0.4, -0.2) is 33.7 Å². The van der Waals surface area contributed by atoms with E-state index in [1.165, 1.54) is 10.8 Å². The molecule has 8 heteroatoms. The van der Waals surface area contributed by atoms with Crippen LogP contribution in [0.4, 0.5) is 10.1 Å². The van der Waals surface area contributed by atoms with Crippen LogP contribution in [0.15, 0.2) is 35.4 Å². The molecule has 0 radical (unpaired) electrons. The SMILES string of the molecule is CCc1ccc(-n2cc(C(=O)O)c(=O)c3cc(F)c(N(C)C4CCCC4)c(Cl)c32)nc1. The third-order valence-corrected chi connectivity index (χ3v) is 6.43. The number of rotatable bonds is 5. The molecule has 31 heavy (non-hydrogen) atoms. The maximum Gasteiger partial charge on any atom is 0.341 e. The summed E-state index contributed by atoms with van der Waals surface area (Å²) in [7, 11) is 1.80. The normalized spacial score (nSPS) is 14.3. The van der Waals surface area contributed by atoms with E-state index in [0.29, 0.717) is 5.82 Å². The third-order valence-electron chi connectivity index (χ3n) is 6.08. The van der Waals surface area contributed by atoms with Gasteiger partial charge in [0.2, 0.25) is 5.43 Å². The number of carbonyl (C=O) groups is 1. The van der Waals surface area contributed by atoms with Gasteiger partial charge in [-0.25, -0.2) is 14.2 Å². The zero-order valence-corrected chi connectivity index (χ0v) is 18.1. The molecule has 0 unspecified atom stereocenters. The Morgan fingerprint density at radius 1 is 1.35 bits per heavy atom. The van der Waals surface area contributed by atoms with E-state index < -0.39 is 22.8 Å². The van der Waals surface area contributed by atoms with E-state index in [4.69, 9.17) is 11.6 Å². The van der Waals surface area contributed by atoms with Gasteiger partial charge in [0.15, 0.2) is 0 Å². The number of nitrogens with zero attached hydrogens (tertiary/aromatic N) is 3. The molecule has 1 saturated carbocycles. The van der Waals surface area contributed by atoms with Crippen LogP contribution in [0.25, 0.3) is 16.7 Å². The Morgan fingerprint density at radius 3 is 2.65 bits per heavy atom. The molecule has 0 amide bonds. The standard InChI is InChI=1S/C23H23ClFN3O3/c1-3-13-8-9-18(26-11-13)28-12-16(23(30)31)22(29)15-10-17(25)21(19(24)20(15)28)27(2)14-6-4-5-7-14/h8-12,14H,3-7H2,1-2H3,(H,30,31). The van der Waals surface area contributed by atoms with Crippen LogP contribution in [-0.2, 0) is 6.42 Å². The lowest BCUT2D eigenvalue weighted by atomic mass is 10.1. The second-order valence-corrected chi connectivity index (χ2v) is 8.27. The average molecular weight is 444 g/mol. The summed E-state index contributed by atoms with van der Waals surface area (Å²) in [5.74, 6) is -1.64. The average Bonchev–Trinajstić information content (AvgIpc) is 3.29. The first-order valence-electron chi connectivity index (χ1n) is 10.3. The zero-order valence-electron chi connectivity index (χ0n) is 17.4.